The van der Waals surface area contributed by atoms with Crippen molar-refractivity contribution in [1.29, 1.82) is 0 Å². The minimum atomic E-state index is -3.38. The van der Waals surface area contributed by atoms with Crippen LogP contribution in [-0.2, 0) is 15.8 Å². The summed E-state index contributed by atoms with van der Waals surface area (Å²) in [5, 5.41) is 0. The molecule has 2 aromatic carbocycles. The van der Waals surface area contributed by atoms with Crippen molar-refractivity contribution >= 4 is 10.0 Å². The Morgan fingerprint density at radius 2 is 1.65 bits per heavy atom. The lowest BCUT2D eigenvalue weighted by atomic mass is 10.2. The first kappa shape index (κ1) is 17.3. The highest BCUT2D eigenvalue weighted by atomic mass is 32.2. The van der Waals surface area contributed by atoms with Crippen molar-refractivity contribution in [3.8, 4) is 11.5 Å². The summed E-state index contributed by atoms with van der Waals surface area (Å²) in [7, 11) is -1.82. The number of hydrogen-bond acceptors (Lipinski definition) is 4. The van der Waals surface area contributed by atoms with Crippen molar-refractivity contribution in [3.05, 3.63) is 59.7 Å². The van der Waals surface area contributed by atoms with Crippen LogP contribution in [-0.4, -0.2) is 28.7 Å². The maximum Gasteiger partial charge on any atom is 0.215 e. The van der Waals surface area contributed by atoms with E-state index in [-0.39, 0.29) is 18.9 Å². The van der Waals surface area contributed by atoms with Crippen LogP contribution in [0.15, 0.2) is 48.5 Å². The summed E-state index contributed by atoms with van der Waals surface area (Å²) in [6.07, 6.45) is 0. The molecule has 0 fully saturated rings. The van der Waals surface area contributed by atoms with E-state index < -0.39 is 10.0 Å². The summed E-state index contributed by atoms with van der Waals surface area (Å²) in [5.41, 5.74) is 1.86. The van der Waals surface area contributed by atoms with Crippen molar-refractivity contribution in [2.24, 2.45) is 0 Å². The predicted octanol–water partition coefficient (Wildman–Crippen LogP) is 2.50. The third-order valence-corrected chi connectivity index (χ3v) is 4.59. The van der Waals surface area contributed by atoms with Gasteiger partial charge in [0.2, 0.25) is 10.0 Å². The molecule has 0 amide bonds. The smallest absolute Gasteiger partial charge is 0.215 e. The largest absolute Gasteiger partial charge is 0.493 e. The van der Waals surface area contributed by atoms with Gasteiger partial charge in [0, 0.05) is 6.54 Å². The fraction of sp³-hybridized carbons (Fsp3) is 0.294. The Kier molecular flexibility index (Phi) is 6.01. The first-order valence-corrected chi connectivity index (χ1v) is 8.94. The summed E-state index contributed by atoms with van der Waals surface area (Å²) in [4.78, 5) is 0. The highest BCUT2D eigenvalue weighted by Gasteiger charge is 2.11. The first-order chi connectivity index (χ1) is 11.0. The van der Waals surface area contributed by atoms with Crippen molar-refractivity contribution in [1.82, 2.24) is 4.72 Å². The molecule has 2 aromatic rings. The van der Waals surface area contributed by atoms with Crippen LogP contribution in [0.4, 0.5) is 0 Å². The third-order valence-electron chi connectivity index (χ3n) is 3.23. The van der Waals surface area contributed by atoms with Gasteiger partial charge in [-0.05, 0) is 24.6 Å². The van der Waals surface area contributed by atoms with Crippen molar-refractivity contribution in [2.75, 3.05) is 20.3 Å². The van der Waals surface area contributed by atoms with Gasteiger partial charge in [0.05, 0.1) is 12.9 Å². The molecular formula is C17H21NO4S. The highest BCUT2D eigenvalue weighted by Crippen LogP contribution is 2.25. The number of methoxy groups -OCH3 is 1. The average molecular weight is 335 g/mol. The molecule has 124 valence electrons. The summed E-state index contributed by atoms with van der Waals surface area (Å²) in [5.74, 6) is 1.17. The van der Waals surface area contributed by atoms with Gasteiger partial charge in [0.15, 0.2) is 11.5 Å². The molecule has 0 saturated carbocycles. The Balaban J connectivity index is 1.82. The van der Waals surface area contributed by atoms with Crippen LogP contribution in [0.25, 0.3) is 0 Å². The molecule has 0 aliphatic heterocycles. The van der Waals surface area contributed by atoms with Gasteiger partial charge in [-0.2, -0.15) is 0 Å². The van der Waals surface area contributed by atoms with E-state index in [2.05, 4.69) is 4.72 Å². The lowest BCUT2D eigenvalue weighted by molar-refractivity contribution is 0.298. The lowest BCUT2D eigenvalue weighted by Crippen LogP contribution is -2.29. The second-order valence-electron chi connectivity index (χ2n) is 5.14. The zero-order valence-corrected chi connectivity index (χ0v) is 14.1. The van der Waals surface area contributed by atoms with Crippen molar-refractivity contribution in [2.45, 2.75) is 12.7 Å². The maximum absolute atomic E-state index is 12.0. The minimum Gasteiger partial charge on any atom is -0.493 e. The van der Waals surface area contributed by atoms with Crippen molar-refractivity contribution in [3.63, 3.8) is 0 Å². The number of ether oxygens (including phenoxy) is 2. The molecule has 0 heterocycles. The Hall–Kier alpha value is -2.05. The number of rotatable bonds is 8. The molecule has 0 radical (unpaired) electrons. The molecule has 0 aromatic heterocycles. The fourth-order valence-electron chi connectivity index (χ4n) is 2.05. The van der Waals surface area contributed by atoms with Gasteiger partial charge in [-0.15, -0.1) is 0 Å². The maximum atomic E-state index is 12.0. The molecule has 1 N–H and O–H groups in total. The van der Waals surface area contributed by atoms with Crippen LogP contribution in [0.3, 0.4) is 0 Å². The SMILES string of the molecule is COc1ccccc1OCCNS(=O)(=O)Cc1ccc(C)cc1. The number of para-hydroxylation sites is 2. The van der Waals surface area contributed by atoms with E-state index in [1.807, 2.05) is 43.3 Å². The second kappa shape index (κ2) is 7.99. The zero-order valence-electron chi connectivity index (χ0n) is 13.3. The molecule has 0 unspecified atom stereocenters. The van der Waals surface area contributed by atoms with E-state index in [9.17, 15) is 8.42 Å². The molecule has 0 spiro atoms. The summed E-state index contributed by atoms with van der Waals surface area (Å²) >= 11 is 0. The number of benzene rings is 2. The van der Waals surface area contributed by atoms with Gasteiger partial charge < -0.3 is 9.47 Å². The molecule has 0 atom stereocenters. The summed E-state index contributed by atoms with van der Waals surface area (Å²) < 4.78 is 37.3. The molecule has 0 aliphatic carbocycles. The van der Waals surface area contributed by atoms with E-state index in [0.29, 0.717) is 11.5 Å². The normalized spacial score (nSPS) is 11.2. The van der Waals surface area contributed by atoms with Gasteiger partial charge in [-0.25, -0.2) is 13.1 Å². The number of aryl methyl sites for hydroxylation is 1. The van der Waals surface area contributed by atoms with Gasteiger partial charge >= 0.3 is 0 Å². The average Bonchev–Trinajstić information content (AvgIpc) is 2.54. The second-order valence-corrected chi connectivity index (χ2v) is 6.95. The number of sulfonamides is 1. The molecule has 0 aliphatic rings. The topological polar surface area (TPSA) is 64.6 Å². The van der Waals surface area contributed by atoms with Crippen LogP contribution >= 0.6 is 0 Å². The standard InChI is InChI=1S/C17H21NO4S/c1-14-7-9-15(10-8-14)13-23(19,20)18-11-12-22-17-6-4-3-5-16(17)21-2/h3-10,18H,11-13H2,1-2H3. The van der Waals surface area contributed by atoms with Crippen LogP contribution in [0, 0.1) is 6.92 Å². The van der Waals surface area contributed by atoms with Crippen LogP contribution in [0.5, 0.6) is 11.5 Å². The van der Waals surface area contributed by atoms with Gasteiger partial charge in [-0.1, -0.05) is 42.0 Å². The predicted molar refractivity (Wildman–Crippen MR) is 90.3 cm³/mol. The van der Waals surface area contributed by atoms with Gasteiger partial charge in [0.1, 0.15) is 6.61 Å². The Bertz CT molecular complexity index is 727. The molecule has 6 heteroatoms. The lowest BCUT2D eigenvalue weighted by Gasteiger charge is -2.11. The Morgan fingerprint density at radius 1 is 1.00 bits per heavy atom. The summed E-state index contributed by atoms with van der Waals surface area (Å²) in [6.45, 7) is 2.39. The summed E-state index contributed by atoms with van der Waals surface area (Å²) in [6, 6.07) is 14.7. The van der Waals surface area contributed by atoms with Crippen LogP contribution < -0.4 is 14.2 Å². The Labute approximate surface area is 137 Å². The monoisotopic (exact) mass is 335 g/mol. The van der Waals surface area contributed by atoms with E-state index in [0.717, 1.165) is 11.1 Å². The first-order valence-electron chi connectivity index (χ1n) is 7.29. The minimum absolute atomic E-state index is 0.0397. The fourth-order valence-corrected chi connectivity index (χ4v) is 3.18. The molecule has 23 heavy (non-hydrogen) atoms. The van der Waals surface area contributed by atoms with Crippen molar-refractivity contribution < 1.29 is 17.9 Å². The Morgan fingerprint density at radius 3 is 2.30 bits per heavy atom. The molecule has 5 nitrogen and oxygen atoms in total. The van der Waals surface area contributed by atoms with E-state index in [1.165, 1.54) is 0 Å². The quantitative estimate of drug-likeness (QED) is 0.753. The highest BCUT2D eigenvalue weighted by molar-refractivity contribution is 7.88. The zero-order chi connectivity index (χ0) is 16.7. The molecular weight excluding hydrogens is 314 g/mol. The molecule has 2 rings (SSSR count). The molecule has 0 saturated heterocycles. The van der Waals surface area contributed by atoms with E-state index in [1.54, 1.807) is 19.2 Å². The van der Waals surface area contributed by atoms with E-state index in [4.69, 9.17) is 9.47 Å². The third kappa shape index (κ3) is 5.58. The van der Waals surface area contributed by atoms with Gasteiger partial charge in [-0.3, -0.25) is 0 Å². The van der Waals surface area contributed by atoms with Gasteiger partial charge in [0.25, 0.3) is 0 Å². The van der Waals surface area contributed by atoms with E-state index >= 15 is 0 Å². The number of nitrogens with one attached hydrogen (secondary N) is 1. The van der Waals surface area contributed by atoms with Crippen LogP contribution in [0.2, 0.25) is 0 Å². The molecule has 0 bridgehead atoms. The van der Waals surface area contributed by atoms with Crippen LogP contribution in [0.1, 0.15) is 11.1 Å². The number of hydrogen-bond donors (Lipinski definition) is 1.